The molecule has 0 aromatic heterocycles. The number of hydrogen-bond donors (Lipinski definition) is 1. The molecule has 2 aromatic rings. The van der Waals surface area contributed by atoms with Crippen LogP contribution in [0.1, 0.15) is 64.5 Å². The first-order valence-corrected chi connectivity index (χ1v) is 9.85. The van der Waals surface area contributed by atoms with Crippen molar-refractivity contribution in [2.24, 2.45) is 5.41 Å². The second kappa shape index (κ2) is 7.25. The lowest BCUT2D eigenvalue weighted by Gasteiger charge is -2.48. The van der Waals surface area contributed by atoms with Crippen LogP contribution in [0.2, 0.25) is 0 Å². The number of rotatable bonds is 1. The summed E-state index contributed by atoms with van der Waals surface area (Å²) in [5, 5.41) is 11.5. The van der Waals surface area contributed by atoms with E-state index in [1.165, 1.54) is 4.90 Å². The molecule has 3 rings (SSSR count). The standard InChI is InChI=1S/C24H31NO3/c1-23(2,3)20-17-14-10-11-15-18(17)25(22(27)28-24(4,5)6)21(26)19(20)16-12-8-7-9-13-16/h7-15,19-21,26H,1-6H3/t19-,20+,21-/m1/s1. The zero-order chi connectivity index (χ0) is 20.7. The van der Waals surface area contributed by atoms with Gasteiger partial charge in [0.05, 0.1) is 5.69 Å². The van der Waals surface area contributed by atoms with Gasteiger partial charge in [-0.2, -0.15) is 0 Å². The molecule has 0 radical (unpaired) electrons. The maximum Gasteiger partial charge on any atom is 0.416 e. The molecule has 0 aliphatic carbocycles. The van der Waals surface area contributed by atoms with Gasteiger partial charge in [0.1, 0.15) is 11.8 Å². The van der Waals surface area contributed by atoms with Gasteiger partial charge in [-0.05, 0) is 43.4 Å². The second-order valence-corrected chi connectivity index (χ2v) is 9.60. The molecule has 3 atom stereocenters. The molecule has 4 nitrogen and oxygen atoms in total. The van der Waals surface area contributed by atoms with Gasteiger partial charge >= 0.3 is 6.09 Å². The van der Waals surface area contributed by atoms with E-state index in [9.17, 15) is 9.90 Å². The molecule has 150 valence electrons. The van der Waals surface area contributed by atoms with Crippen LogP contribution in [0.4, 0.5) is 10.5 Å². The number of hydrogen-bond acceptors (Lipinski definition) is 3. The summed E-state index contributed by atoms with van der Waals surface area (Å²) in [7, 11) is 0. The minimum absolute atomic E-state index is 0.0415. The predicted molar refractivity (Wildman–Crippen MR) is 113 cm³/mol. The topological polar surface area (TPSA) is 49.8 Å². The Morgan fingerprint density at radius 2 is 1.50 bits per heavy atom. The van der Waals surface area contributed by atoms with E-state index in [1.807, 2.05) is 69.3 Å². The number of carbonyl (C=O) groups excluding carboxylic acids is 1. The average Bonchev–Trinajstić information content (AvgIpc) is 2.58. The van der Waals surface area contributed by atoms with Gasteiger partial charge in [0.2, 0.25) is 0 Å². The van der Waals surface area contributed by atoms with Crippen molar-refractivity contribution in [1.82, 2.24) is 0 Å². The second-order valence-electron chi connectivity index (χ2n) is 9.60. The number of aliphatic hydroxyl groups is 1. The molecule has 1 aliphatic rings. The summed E-state index contributed by atoms with van der Waals surface area (Å²) in [5.74, 6) is -0.219. The van der Waals surface area contributed by atoms with Crippen LogP contribution in [0.15, 0.2) is 54.6 Å². The van der Waals surface area contributed by atoms with Crippen molar-refractivity contribution in [3.63, 3.8) is 0 Å². The number of amides is 1. The van der Waals surface area contributed by atoms with Crippen molar-refractivity contribution in [1.29, 1.82) is 0 Å². The van der Waals surface area contributed by atoms with E-state index in [2.05, 4.69) is 26.8 Å². The fourth-order valence-electron chi connectivity index (χ4n) is 4.20. The van der Waals surface area contributed by atoms with E-state index >= 15 is 0 Å². The smallest absolute Gasteiger partial charge is 0.416 e. The van der Waals surface area contributed by atoms with Crippen LogP contribution in [0.25, 0.3) is 0 Å². The van der Waals surface area contributed by atoms with E-state index in [-0.39, 0.29) is 17.3 Å². The fraction of sp³-hybridized carbons (Fsp3) is 0.458. The summed E-state index contributed by atoms with van der Waals surface area (Å²) < 4.78 is 5.64. The highest BCUT2D eigenvalue weighted by Crippen LogP contribution is 2.53. The average molecular weight is 382 g/mol. The van der Waals surface area contributed by atoms with Crippen molar-refractivity contribution in [2.45, 2.75) is 65.2 Å². The number of para-hydroxylation sites is 1. The molecule has 2 aromatic carbocycles. The van der Waals surface area contributed by atoms with Crippen molar-refractivity contribution >= 4 is 11.8 Å². The Morgan fingerprint density at radius 1 is 0.929 bits per heavy atom. The summed E-state index contributed by atoms with van der Waals surface area (Å²) in [6.07, 6.45) is -1.54. The maximum atomic E-state index is 13.1. The van der Waals surface area contributed by atoms with Crippen LogP contribution in [-0.2, 0) is 4.74 Å². The van der Waals surface area contributed by atoms with E-state index in [0.717, 1.165) is 16.8 Å². The normalized spacial score (nSPS) is 22.5. The Kier molecular flexibility index (Phi) is 5.28. The Labute approximate surface area is 168 Å². The molecule has 0 fully saturated rings. The third-order valence-electron chi connectivity index (χ3n) is 5.18. The van der Waals surface area contributed by atoms with Crippen LogP contribution >= 0.6 is 0 Å². The van der Waals surface area contributed by atoms with Gasteiger partial charge in [-0.25, -0.2) is 4.79 Å². The zero-order valence-corrected chi connectivity index (χ0v) is 17.6. The zero-order valence-electron chi connectivity index (χ0n) is 17.6. The highest BCUT2D eigenvalue weighted by molar-refractivity contribution is 5.90. The molecule has 1 N–H and O–H groups in total. The minimum Gasteiger partial charge on any atom is -0.443 e. The van der Waals surface area contributed by atoms with E-state index < -0.39 is 17.9 Å². The molecular weight excluding hydrogens is 350 g/mol. The van der Waals surface area contributed by atoms with Gasteiger partial charge < -0.3 is 9.84 Å². The van der Waals surface area contributed by atoms with Crippen LogP contribution in [-0.4, -0.2) is 23.0 Å². The van der Waals surface area contributed by atoms with Crippen LogP contribution in [0, 0.1) is 5.41 Å². The molecule has 1 aliphatic heterocycles. The first-order chi connectivity index (χ1) is 13.0. The summed E-state index contributed by atoms with van der Waals surface area (Å²) in [6, 6.07) is 17.8. The van der Waals surface area contributed by atoms with Crippen molar-refractivity contribution in [3.05, 3.63) is 65.7 Å². The Balaban J connectivity index is 2.19. The quantitative estimate of drug-likeness (QED) is 0.692. The van der Waals surface area contributed by atoms with E-state index in [1.54, 1.807) is 0 Å². The van der Waals surface area contributed by atoms with Crippen molar-refractivity contribution < 1.29 is 14.6 Å². The van der Waals surface area contributed by atoms with Gasteiger partial charge in [-0.15, -0.1) is 0 Å². The number of anilines is 1. The van der Waals surface area contributed by atoms with Crippen molar-refractivity contribution in [3.8, 4) is 0 Å². The Bertz CT molecular complexity index is 833. The lowest BCUT2D eigenvalue weighted by atomic mass is 9.64. The third-order valence-corrected chi connectivity index (χ3v) is 5.18. The van der Waals surface area contributed by atoms with Crippen LogP contribution in [0.3, 0.4) is 0 Å². The van der Waals surface area contributed by atoms with Crippen LogP contribution in [0.5, 0.6) is 0 Å². The number of nitrogens with zero attached hydrogens (tertiary/aromatic N) is 1. The first kappa shape index (κ1) is 20.4. The lowest BCUT2D eigenvalue weighted by molar-refractivity contribution is 0.0357. The van der Waals surface area contributed by atoms with E-state index in [0.29, 0.717) is 0 Å². The monoisotopic (exact) mass is 381 g/mol. The molecule has 4 heteroatoms. The molecule has 28 heavy (non-hydrogen) atoms. The predicted octanol–water partition coefficient (Wildman–Crippen LogP) is 5.67. The summed E-state index contributed by atoms with van der Waals surface area (Å²) >= 11 is 0. The molecular formula is C24H31NO3. The van der Waals surface area contributed by atoms with Gasteiger partial charge in [0.25, 0.3) is 0 Å². The molecule has 0 saturated heterocycles. The highest BCUT2D eigenvalue weighted by Gasteiger charge is 2.48. The van der Waals surface area contributed by atoms with Gasteiger partial charge in [0, 0.05) is 11.8 Å². The number of carbonyl (C=O) groups is 1. The molecule has 0 saturated carbocycles. The molecule has 1 heterocycles. The largest absolute Gasteiger partial charge is 0.443 e. The molecule has 1 amide bonds. The van der Waals surface area contributed by atoms with Gasteiger partial charge in [-0.3, -0.25) is 4.90 Å². The number of fused-ring (bicyclic) bond motifs is 1. The molecule has 0 bridgehead atoms. The summed E-state index contributed by atoms with van der Waals surface area (Å²) in [4.78, 5) is 14.5. The Morgan fingerprint density at radius 3 is 2.07 bits per heavy atom. The van der Waals surface area contributed by atoms with E-state index in [4.69, 9.17) is 4.74 Å². The maximum absolute atomic E-state index is 13.1. The highest BCUT2D eigenvalue weighted by atomic mass is 16.6. The lowest BCUT2D eigenvalue weighted by Crippen LogP contribution is -2.52. The SMILES string of the molecule is CC(C)(C)OC(=O)N1c2ccccc2[C@H](C(C)(C)C)[C@@H](c2ccccc2)[C@H]1O. The van der Waals surface area contributed by atoms with Gasteiger partial charge in [0.15, 0.2) is 0 Å². The number of aliphatic hydroxyl groups excluding tert-OH is 1. The summed E-state index contributed by atoms with van der Waals surface area (Å²) in [6.45, 7) is 12.0. The number of benzene rings is 2. The van der Waals surface area contributed by atoms with Crippen molar-refractivity contribution in [2.75, 3.05) is 4.90 Å². The minimum atomic E-state index is -1.02. The summed E-state index contributed by atoms with van der Waals surface area (Å²) in [5.41, 5.74) is 2.03. The number of ether oxygens (including phenoxy) is 1. The molecule has 0 spiro atoms. The third kappa shape index (κ3) is 3.93. The van der Waals surface area contributed by atoms with Gasteiger partial charge in [-0.1, -0.05) is 69.3 Å². The first-order valence-electron chi connectivity index (χ1n) is 9.85. The Hall–Kier alpha value is -2.33. The molecule has 0 unspecified atom stereocenters. The fourth-order valence-corrected chi connectivity index (χ4v) is 4.20. The van der Waals surface area contributed by atoms with Crippen LogP contribution < -0.4 is 4.90 Å².